The van der Waals surface area contributed by atoms with Crippen molar-refractivity contribution in [3.05, 3.63) is 23.9 Å². The number of imidazole rings is 1. The summed E-state index contributed by atoms with van der Waals surface area (Å²) in [5.41, 5.74) is 7.11. The fourth-order valence-corrected chi connectivity index (χ4v) is 2.74. The largest absolute Gasteiger partial charge is 0.390 e. The Hall–Kier alpha value is -1.62. The summed E-state index contributed by atoms with van der Waals surface area (Å²) in [7, 11) is 0. The Kier molecular flexibility index (Phi) is 1.98. The minimum atomic E-state index is -0.539. The van der Waals surface area contributed by atoms with Crippen LogP contribution in [0, 0.1) is 6.92 Å². The van der Waals surface area contributed by atoms with Crippen molar-refractivity contribution < 1.29 is 5.11 Å². The van der Waals surface area contributed by atoms with Crippen molar-refractivity contribution in [1.82, 2.24) is 14.4 Å². The molecule has 5 nitrogen and oxygen atoms in total. The lowest BCUT2D eigenvalue weighted by Gasteiger charge is -2.40. The van der Waals surface area contributed by atoms with Gasteiger partial charge in [-0.25, -0.2) is 9.97 Å². The van der Waals surface area contributed by atoms with Gasteiger partial charge in [0.1, 0.15) is 17.2 Å². The number of hydrogen-bond acceptors (Lipinski definition) is 4. The van der Waals surface area contributed by atoms with Crippen molar-refractivity contribution in [2.24, 2.45) is 0 Å². The van der Waals surface area contributed by atoms with Crippen molar-refractivity contribution in [3.8, 4) is 0 Å². The zero-order valence-corrected chi connectivity index (χ0v) is 10.0. The van der Waals surface area contributed by atoms with E-state index in [1.54, 1.807) is 6.20 Å². The molecule has 3 rings (SSSR count). The molecular formula is C12H16N4O. The lowest BCUT2D eigenvalue weighted by atomic mass is 9.72. The molecule has 0 aliphatic heterocycles. The van der Waals surface area contributed by atoms with Gasteiger partial charge in [-0.3, -0.25) is 4.40 Å². The van der Waals surface area contributed by atoms with Crippen LogP contribution < -0.4 is 5.73 Å². The number of nitrogen functional groups attached to an aromatic ring is 1. The fraction of sp³-hybridized carbons (Fsp3) is 0.500. The van der Waals surface area contributed by atoms with Crippen molar-refractivity contribution in [1.29, 1.82) is 0 Å². The topological polar surface area (TPSA) is 76.4 Å². The molecule has 2 heterocycles. The number of anilines is 1. The predicted molar refractivity (Wildman–Crippen MR) is 64.7 cm³/mol. The van der Waals surface area contributed by atoms with E-state index in [1.165, 1.54) is 0 Å². The van der Waals surface area contributed by atoms with Gasteiger partial charge in [-0.15, -0.1) is 0 Å². The second kappa shape index (κ2) is 3.20. The highest BCUT2D eigenvalue weighted by Gasteiger charge is 2.41. The van der Waals surface area contributed by atoms with Gasteiger partial charge in [-0.1, -0.05) is 0 Å². The molecule has 1 aliphatic carbocycles. The van der Waals surface area contributed by atoms with Crippen molar-refractivity contribution in [2.45, 2.75) is 38.2 Å². The maximum absolute atomic E-state index is 9.80. The van der Waals surface area contributed by atoms with Gasteiger partial charge in [0.25, 0.3) is 0 Å². The number of aliphatic hydroxyl groups is 1. The zero-order valence-electron chi connectivity index (χ0n) is 10.0. The number of hydrogen-bond donors (Lipinski definition) is 2. The molecule has 0 atom stereocenters. The molecule has 2 aromatic heterocycles. The highest BCUT2D eigenvalue weighted by molar-refractivity contribution is 5.68. The van der Waals surface area contributed by atoms with E-state index >= 15 is 0 Å². The third kappa shape index (κ3) is 1.50. The second-order valence-corrected chi connectivity index (χ2v) is 5.19. The number of nitrogens with zero attached hydrogens (tertiary/aromatic N) is 3. The van der Waals surface area contributed by atoms with Gasteiger partial charge < -0.3 is 10.8 Å². The van der Waals surface area contributed by atoms with E-state index < -0.39 is 5.60 Å². The molecule has 0 saturated heterocycles. The van der Waals surface area contributed by atoms with Crippen LogP contribution in [0.4, 0.5) is 5.82 Å². The summed E-state index contributed by atoms with van der Waals surface area (Å²) in [6, 6.07) is 0. The van der Waals surface area contributed by atoms with Crippen molar-refractivity contribution in [3.63, 3.8) is 0 Å². The molecule has 0 amide bonds. The molecule has 3 N–H and O–H groups in total. The van der Waals surface area contributed by atoms with Gasteiger partial charge in [0, 0.05) is 18.3 Å². The van der Waals surface area contributed by atoms with E-state index in [9.17, 15) is 5.11 Å². The summed E-state index contributed by atoms with van der Waals surface area (Å²) in [5, 5.41) is 9.80. The first-order valence-electron chi connectivity index (χ1n) is 5.79. The molecule has 17 heavy (non-hydrogen) atoms. The molecule has 1 saturated carbocycles. The molecule has 0 aromatic carbocycles. The van der Waals surface area contributed by atoms with Crippen LogP contribution in [-0.4, -0.2) is 25.1 Å². The first-order chi connectivity index (χ1) is 7.98. The number of fused-ring (bicyclic) bond motifs is 1. The molecule has 0 spiro atoms. The van der Waals surface area contributed by atoms with Gasteiger partial charge in [-0.05, 0) is 26.7 Å². The Balaban J connectivity index is 2.10. The van der Waals surface area contributed by atoms with Crippen LogP contribution in [-0.2, 0) is 0 Å². The van der Waals surface area contributed by atoms with Crippen molar-refractivity contribution in [2.75, 3.05) is 5.73 Å². The zero-order chi connectivity index (χ0) is 12.2. The molecule has 1 aliphatic rings. The highest BCUT2D eigenvalue weighted by atomic mass is 16.3. The quantitative estimate of drug-likeness (QED) is 0.775. The summed E-state index contributed by atoms with van der Waals surface area (Å²) < 4.78 is 2.00. The number of rotatable bonds is 1. The van der Waals surface area contributed by atoms with E-state index in [0.717, 1.165) is 29.9 Å². The fourth-order valence-electron chi connectivity index (χ4n) is 2.74. The maximum atomic E-state index is 9.80. The van der Waals surface area contributed by atoms with Gasteiger partial charge >= 0.3 is 0 Å². The lowest BCUT2D eigenvalue weighted by Crippen LogP contribution is -2.40. The number of aryl methyl sites for hydroxylation is 1. The summed E-state index contributed by atoms with van der Waals surface area (Å²) in [6.07, 6.45) is 5.08. The van der Waals surface area contributed by atoms with Crippen LogP contribution in [0.15, 0.2) is 12.4 Å². The number of aromatic nitrogens is 3. The summed E-state index contributed by atoms with van der Waals surface area (Å²) >= 11 is 0. The Morgan fingerprint density at radius 3 is 2.88 bits per heavy atom. The molecule has 0 bridgehead atoms. The molecule has 90 valence electrons. The molecule has 0 radical (unpaired) electrons. The maximum Gasteiger partial charge on any atom is 0.149 e. The summed E-state index contributed by atoms with van der Waals surface area (Å²) in [4.78, 5) is 8.65. The smallest absolute Gasteiger partial charge is 0.149 e. The Labute approximate surface area is 99.3 Å². The van der Waals surface area contributed by atoms with E-state index in [4.69, 9.17) is 5.73 Å². The van der Waals surface area contributed by atoms with Crippen LogP contribution in [0.5, 0.6) is 0 Å². The molecule has 1 fully saturated rings. The van der Waals surface area contributed by atoms with Crippen LogP contribution in [0.25, 0.3) is 5.52 Å². The first kappa shape index (κ1) is 10.5. The van der Waals surface area contributed by atoms with Gasteiger partial charge in [0.15, 0.2) is 0 Å². The molecule has 5 heteroatoms. The summed E-state index contributed by atoms with van der Waals surface area (Å²) in [5.74, 6) is 1.81. The first-order valence-corrected chi connectivity index (χ1v) is 5.79. The monoisotopic (exact) mass is 232 g/mol. The summed E-state index contributed by atoms with van der Waals surface area (Å²) in [6.45, 7) is 3.80. The second-order valence-electron chi connectivity index (χ2n) is 5.19. The Morgan fingerprint density at radius 2 is 2.24 bits per heavy atom. The normalized spacial score (nSPS) is 28.3. The third-order valence-corrected chi connectivity index (χ3v) is 3.52. The Bertz CT molecular complexity index is 579. The van der Waals surface area contributed by atoms with Crippen LogP contribution in [0.1, 0.15) is 37.2 Å². The Morgan fingerprint density at radius 1 is 1.53 bits per heavy atom. The van der Waals surface area contributed by atoms with E-state index in [0.29, 0.717) is 11.7 Å². The van der Waals surface area contributed by atoms with Crippen LogP contribution >= 0.6 is 0 Å². The van der Waals surface area contributed by atoms with Gasteiger partial charge in [-0.2, -0.15) is 0 Å². The van der Waals surface area contributed by atoms with Gasteiger partial charge in [0.2, 0.25) is 0 Å². The van der Waals surface area contributed by atoms with Gasteiger partial charge in [0.05, 0.1) is 11.3 Å². The van der Waals surface area contributed by atoms with E-state index in [2.05, 4.69) is 9.97 Å². The van der Waals surface area contributed by atoms with E-state index in [1.807, 2.05) is 24.4 Å². The minimum absolute atomic E-state index is 0.313. The van der Waals surface area contributed by atoms with Crippen LogP contribution in [0.3, 0.4) is 0 Å². The van der Waals surface area contributed by atoms with Crippen molar-refractivity contribution >= 4 is 11.3 Å². The molecular weight excluding hydrogens is 216 g/mol. The standard InChI is InChI=1S/C12H16N4O/c1-7-9-10(13)14-3-4-16(9)11(15-7)8-5-12(2,17)6-8/h3-4,8,17H,5-6H2,1-2H3,(H2,13,14). The average Bonchev–Trinajstić information content (AvgIpc) is 2.54. The third-order valence-electron chi connectivity index (χ3n) is 3.52. The minimum Gasteiger partial charge on any atom is -0.390 e. The highest BCUT2D eigenvalue weighted by Crippen LogP contribution is 2.44. The predicted octanol–water partition coefficient (Wildman–Crippen LogP) is 1.25. The average molecular weight is 232 g/mol. The van der Waals surface area contributed by atoms with Crippen LogP contribution in [0.2, 0.25) is 0 Å². The van der Waals surface area contributed by atoms with E-state index in [-0.39, 0.29) is 0 Å². The molecule has 0 unspecified atom stereocenters. The number of nitrogens with two attached hydrogens (primary N) is 1. The lowest BCUT2D eigenvalue weighted by molar-refractivity contribution is -0.0335. The molecule has 2 aromatic rings. The SMILES string of the molecule is Cc1nc(C2CC(C)(O)C2)n2ccnc(N)c12.